The minimum atomic E-state index is -0.281. The highest BCUT2D eigenvalue weighted by molar-refractivity contribution is 5.80. The van der Waals surface area contributed by atoms with Gasteiger partial charge in [0.05, 0.1) is 12.1 Å². The van der Waals surface area contributed by atoms with Crippen molar-refractivity contribution >= 4 is 5.91 Å². The molecule has 2 atom stereocenters. The Hall–Kier alpha value is -0.650. The molecule has 1 amide bonds. The third-order valence-electron chi connectivity index (χ3n) is 2.86. The first-order valence-electron chi connectivity index (χ1n) is 6.38. The first-order valence-corrected chi connectivity index (χ1v) is 6.38. The largest absolute Gasteiger partial charge is 0.377 e. The van der Waals surface area contributed by atoms with Gasteiger partial charge in [0.25, 0.3) is 0 Å². The normalized spacial score (nSPS) is 24.6. The Bertz CT molecular complexity index is 246. The van der Waals surface area contributed by atoms with Crippen LogP contribution in [-0.4, -0.2) is 55.2 Å². The Morgan fingerprint density at radius 1 is 1.59 bits per heavy atom. The van der Waals surface area contributed by atoms with Crippen LogP contribution in [0.2, 0.25) is 0 Å². The topological polar surface area (TPSA) is 67.6 Å². The van der Waals surface area contributed by atoms with Gasteiger partial charge in [-0.1, -0.05) is 13.8 Å². The number of primary amides is 1. The van der Waals surface area contributed by atoms with Crippen LogP contribution in [0.5, 0.6) is 0 Å². The SMILES string of the molecule is CC(C)NC(CN1CCCOC(C)C1)C(N)=O. The van der Waals surface area contributed by atoms with E-state index in [1.807, 2.05) is 13.8 Å². The fourth-order valence-electron chi connectivity index (χ4n) is 2.13. The standard InChI is InChI=1S/C12H25N3O2/c1-9(2)14-11(12(13)16)8-15-5-4-6-17-10(3)7-15/h9-11,14H,4-8H2,1-3H3,(H2,13,16). The van der Waals surface area contributed by atoms with E-state index >= 15 is 0 Å². The number of hydrogen-bond acceptors (Lipinski definition) is 4. The van der Waals surface area contributed by atoms with Crippen LogP contribution in [-0.2, 0) is 9.53 Å². The highest BCUT2D eigenvalue weighted by Gasteiger charge is 2.22. The van der Waals surface area contributed by atoms with E-state index in [0.717, 1.165) is 26.1 Å². The van der Waals surface area contributed by atoms with E-state index in [0.29, 0.717) is 6.54 Å². The monoisotopic (exact) mass is 243 g/mol. The van der Waals surface area contributed by atoms with Gasteiger partial charge in [-0.15, -0.1) is 0 Å². The maximum absolute atomic E-state index is 11.4. The molecule has 100 valence electrons. The zero-order valence-electron chi connectivity index (χ0n) is 11.1. The van der Waals surface area contributed by atoms with Gasteiger partial charge in [0.15, 0.2) is 0 Å². The number of carbonyl (C=O) groups is 1. The first-order chi connectivity index (χ1) is 7.99. The number of ether oxygens (including phenoxy) is 1. The molecule has 2 unspecified atom stereocenters. The van der Waals surface area contributed by atoms with Crippen molar-refractivity contribution < 1.29 is 9.53 Å². The number of carbonyl (C=O) groups excluding carboxylic acids is 1. The van der Waals surface area contributed by atoms with E-state index in [2.05, 4.69) is 17.1 Å². The third kappa shape index (κ3) is 5.48. The van der Waals surface area contributed by atoms with Crippen LogP contribution in [0.15, 0.2) is 0 Å². The molecule has 0 aromatic rings. The molecular weight excluding hydrogens is 218 g/mol. The zero-order chi connectivity index (χ0) is 12.8. The Labute approximate surface area is 104 Å². The number of rotatable bonds is 5. The average molecular weight is 243 g/mol. The van der Waals surface area contributed by atoms with Crippen molar-refractivity contribution in [3.8, 4) is 0 Å². The van der Waals surface area contributed by atoms with Crippen molar-refractivity contribution in [3.63, 3.8) is 0 Å². The smallest absolute Gasteiger partial charge is 0.235 e. The molecule has 0 radical (unpaired) electrons. The van der Waals surface area contributed by atoms with Crippen LogP contribution in [0.1, 0.15) is 27.2 Å². The summed E-state index contributed by atoms with van der Waals surface area (Å²) in [6.45, 7) is 9.40. The van der Waals surface area contributed by atoms with Crippen molar-refractivity contribution in [2.45, 2.75) is 45.4 Å². The maximum Gasteiger partial charge on any atom is 0.235 e. The van der Waals surface area contributed by atoms with Crippen LogP contribution >= 0.6 is 0 Å². The second-order valence-corrected chi connectivity index (χ2v) is 5.07. The van der Waals surface area contributed by atoms with Crippen LogP contribution in [0.4, 0.5) is 0 Å². The summed E-state index contributed by atoms with van der Waals surface area (Å²) in [6.07, 6.45) is 1.24. The molecule has 0 aromatic carbocycles. The summed E-state index contributed by atoms with van der Waals surface area (Å²) in [4.78, 5) is 13.6. The van der Waals surface area contributed by atoms with E-state index in [-0.39, 0.29) is 24.1 Å². The van der Waals surface area contributed by atoms with Crippen LogP contribution < -0.4 is 11.1 Å². The molecule has 1 rings (SSSR count). The molecule has 1 heterocycles. The molecule has 17 heavy (non-hydrogen) atoms. The fraction of sp³-hybridized carbons (Fsp3) is 0.917. The van der Waals surface area contributed by atoms with Crippen molar-refractivity contribution in [3.05, 3.63) is 0 Å². The number of nitrogens with one attached hydrogen (secondary N) is 1. The molecule has 0 bridgehead atoms. The fourth-order valence-corrected chi connectivity index (χ4v) is 2.13. The summed E-state index contributed by atoms with van der Waals surface area (Å²) < 4.78 is 5.58. The van der Waals surface area contributed by atoms with Crippen molar-refractivity contribution in [1.29, 1.82) is 0 Å². The van der Waals surface area contributed by atoms with E-state index in [4.69, 9.17) is 10.5 Å². The zero-order valence-corrected chi connectivity index (χ0v) is 11.1. The molecule has 0 spiro atoms. The summed E-state index contributed by atoms with van der Waals surface area (Å²) in [5, 5.41) is 3.20. The van der Waals surface area contributed by atoms with E-state index < -0.39 is 0 Å². The van der Waals surface area contributed by atoms with Gasteiger partial charge in [-0.25, -0.2) is 0 Å². The van der Waals surface area contributed by atoms with Gasteiger partial charge in [0.2, 0.25) is 5.91 Å². The third-order valence-corrected chi connectivity index (χ3v) is 2.86. The van der Waals surface area contributed by atoms with Crippen molar-refractivity contribution in [2.24, 2.45) is 5.73 Å². The molecular formula is C12H25N3O2. The van der Waals surface area contributed by atoms with E-state index in [1.54, 1.807) is 0 Å². The predicted octanol–water partition coefficient (Wildman–Crippen LogP) is -0.0509. The minimum Gasteiger partial charge on any atom is -0.377 e. The first kappa shape index (κ1) is 14.4. The molecule has 1 aliphatic heterocycles. The van der Waals surface area contributed by atoms with Crippen LogP contribution in [0, 0.1) is 0 Å². The Morgan fingerprint density at radius 2 is 2.29 bits per heavy atom. The molecule has 1 saturated heterocycles. The van der Waals surface area contributed by atoms with Crippen molar-refractivity contribution in [1.82, 2.24) is 10.2 Å². The van der Waals surface area contributed by atoms with Gasteiger partial charge in [-0.2, -0.15) is 0 Å². The highest BCUT2D eigenvalue weighted by Crippen LogP contribution is 2.06. The Morgan fingerprint density at radius 3 is 2.88 bits per heavy atom. The minimum absolute atomic E-state index is 0.227. The van der Waals surface area contributed by atoms with Gasteiger partial charge >= 0.3 is 0 Å². The molecule has 0 aromatic heterocycles. The van der Waals surface area contributed by atoms with Crippen molar-refractivity contribution in [2.75, 3.05) is 26.2 Å². The number of nitrogens with two attached hydrogens (primary N) is 1. The molecule has 1 aliphatic rings. The Kier molecular flexibility index (Phi) is 5.88. The number of nitrogens with zero attached hydrogens (tertiary/aromatic N) is 1. The summed E-state index contributed by atoms with van der Waals surface area (Å²) in [5.41, 5.74) is 5.42. The number of amides is 1. The summed E-state index contributed by atoms with van der Waals surface area (Å²) in [6, 6.07) is -0.0200. The molecule has 0 saturated carbocycles. The average Bonchev–Trinajstić information content (AvgIpc) is 2.41. The van der Waals surface area contributed by atoms with E-state index in [1.165, 1.54) is 0 Å². The van der Waals surface area contributed by atoms with Gasteiger partial charge in [0, 0.05) is 32.3 Å². The second-order valence-electron chi connectivity index (χ2n) is 5.07. The lowest BCUT2D eigenvalue weighted by atomic mass is 10.2. The molecule has 5 nitrogen and oxygen atoms in total. The summed E-state index contributed by atoms with van der Waals surface area (Å²) in [7, 11) is 0. The molecule has 3 N–H and O–H groups in total. The van der Waals surface area contributed by atoms with Gasteiger partial charge in [-0.05, 0) is 13.3 Å². The van der Waals surface area contributed by atoms with Crippen LogP contribution in [0.3, 0.4) is 0 Å². The molecule has 5 heteroatoms. The molecule has 1 fully saturated rings. The lowest BCUT2D eigenvalue weighted by Gasteiger charge is -2.27. The van der Waals surface area contributed by atoms with Gasteiger partial charge < -0.3 is 15.8 Å². The highest BCUT2D eigenvalue weighted by atomic mass is 16.5. The summed E-state index contributed by atoms with van der Waals surface area (Å²) >= 11 is 0. The lowest BCUT2D eigenvalue weighted by Crippen LogP contribution is -2.52. The lowest BCUT2D eigenvalue weighted by molar-refractivity contribution is -0.120. The quantitative estimate of drug-likeness (QED) is 0.710. The summed E-state index contributed by atoms with van der Waals surface area (Å²) in [5.74, 6) is -0.281. The second kappa shape index (κ2) is 6.93. The van der Waals surface area contributed by atoms with E-state index in [9.17, 15) is 4.79 Å². The van der Waals surface area contributed by atoms with Gasteiger partial charge in [0.1, 0.15) is 0 Å². The van der Waals surface area contributed by atoms with Crippen LogP contribution in [0.25, 0.3) is 0 Å². The number of hydrogen-bond donors (Lipinski definition) is 2. The predicted molar refractivity (Wildman–Crippen MR) is 67.7 cm³/mol. The molecule has 0 aliphatic carbocycles. The van der Waals surface area contributed by atoms with Gasteiger partial charge in [-0.3, -0.25) is 9.69 Å². The maximum atomic E-state index is 11.4. The Balaban J connectivity index is 2.49.